The minimum Gasteiger partial charge on any atom is -0.478 e. The smallest absolute Gasteiger partial charge is 0.345 e. The average molecular weight is 533 g/mol. The molecule has 2 aliphatic rings. The number of fused-ring (bicyclic) bond motifs is 1. The largest absolute Gasteiger partial charge is 0.478 e. The Morgan fingerprint density at radius 1 is 1.03 bits per heavy atom. The highest BCUT2D eigenvalue weighted by Gasteiger charge is 2.37. The van der Waals surface area contributed by atoms with Crippen LogP contribution in [0.1, 0.15) is 74.4 Å². The second-order valence-electron chi connectivity index (χ2n) is 11.3. The normalized spacial score (nSPS) is 16.3. The van der Waals surface area contributed by atoms with Gasteiger partial charge in [-0.15, -0.1) is 0 Å². The summed E-state index contributed by atoms with van der Waals surface area (Å²) in [6, 6.07) is 11.0. The number of carbonyl (C=O) groups is 4. The molecule has 0 saturated heterocycles. The molecule has 9 heteroatoms. The first-order chi connectivity index (χ1) is 18.5. The Morgan fingerprint density at radius 2 is 1.72 bits per heavy atom. The zero-order chi connectivity index (χ0) is 28.3. The van der Waals surface area contributed by atoms with Crippen molar-refractivity contribution in [3.8, 4) is 0 Å². The molecule has 2 aromatic rings. The predicted octanol–water partition coefficient (Wildman–Crippen LogP) is 5.47. The van der Waals surface area contributed by atoms with Crippen LogP contribution in [0, 0.1) is 18.3 Å². The first-order valence-electron chi connectivity index (χ1n) is 13.4. The van der Waals surface area contributed by atoms with Gasteiger partial charge in [0.15, 0.2) is 5.78 Å². The lowest BCUT2D eigenvalue weighted by atomic mass is 9.81. The van der Waals surface area contributed by atoms with Gasteiger partial charge in [-0.25, -0.2) is 14.6 Å². The highest BCUT2D eigenvalue weighted by atomic mass is 16.4. The summed E-state index contributed by atoms with van der Waals surface area (Å²) in [5.74, 6) is -1.62. The Hall–Kier alpha value is -4.01. The van der Waals surface area contributed by atoms with Crippen molar-refractivity contribution in [1.29, 1.82) is 0 Å². The summed E-state index contributed by atoms with van der Waals surface area (Å²) < 4.78 is 0. The molecule has 4 rings (SSSR count). The summed E-state index contributed by atoms with van der Waals surface area (Å²) >= 11 is 0. The predicted molar refractivity (Wildman–Crippen MR) is 150 cm³/mol. The van der Waals surface area contributed by atoms with Gasteiger partial charge in [-0.05, 0) is 49.6 Å². The zero-order valence-corrected chi connectivity index (χ0v) is 23.0. The van der Waals surface area contributed by atoms with Gasteiger partial charge in [-0.2, -0.15) is 5.10 Å². The second kappa shape index (κ2) is 11.4. The van der Waals surface area contributed by atoms with Crippen LogP contribution >= 0.6 is 0 Å². The fourth-order valence-corrected chi connectivity index (χ4v) is 5.04. The fourth-order valence-electron chi connectivity index (χ4n) is 5.04. The topological polar surface area (TPSA) is 119 Å². The maximum atomic E-state index is 14.0. The van der Waals surface area contributed by atoms with Gasteiger partial charge in [-0.1, -0.05) is 58.2 Å². The third kappa shape index (κ3) is 6.35. The number of aromatic carboxylic acids is 1. The number of Topliss-reactive ketones (excluding diaryl/α,β-unsaturated/α-hetero) is 1. The van der Waals surface area contributed by atoms with Crippen molar-refractivity contribution in [2.45, 2.75) is 59.8 Å². The average Bonchev–Trinajstić information content (AvgIpc) is 3.00. The number of nitrogens with one attached hydrogen (secondary N) is 1. The number of benzene rings is 2. The lowest BCUT2D eigenvalue weighted by molar-refractivity contribution is -0.124. The van der Waals surface area contributed by atoms with E-state index in [0.29, 0.717) is 11.4 Å². The number of ketones is 1. The van der Waals surface area contributed by atoms with Crippen LogP contribution in [-0.2, 0) is 9.59 Å². The van der Waals surface area contributed by atoms with Gasteiger partial charge in [0.25, 0.3) is 0 Å². The number of hydrogen-bond donors (Lipinski definition) is 2. The molecule has 1 heterocycles. The number of aryl methyl sites for hydroxylation is 1. The van der Waals surface area contributed by atoms with Crippen molar-refractivity contribution in [2.75, 3.05) is 23.3 Å². The lowest BCUT2D eigenvalue weighted by Crippen LogP contribution is -2.47. The molecular formula is C30H36N4O5. The molecule has 39 heavy (non-hydrogen) atoms. The van der Waals surface area contributed by atoms with E-state index in [1.54, 1.807) is 6.07 Å². The van der Waals surface area contributed by atoms with Crippen LogP contribution in [0.15, 0.2) is 47.6 Å². The van der Waals surface area contributed by atoms with Crippen molar-refractivity contribution in [3.63, 3.8) is 0 Å². The van der Waals surface area contributed by atoms with Gasteiger partial charge >= 0.3 is 12.0 Å². The minimum absolute atomic E-state index is 0.0362. The highest BCUT2D eigenvalue weighted by molar-refractivity contribution is 6.14. The number of amides is 3. The molecule has 0 unspecified atom stereocenters. The molecule has 0 atom stereocenters. The lowest BCUT2D eigenvalue weighted by Gasteiger charge is -2.29. The quantitative estimate of drug-likeness (QED) is 0.490. The number of rotatable bonds is 7. The van der Waals surface area contributed by atoms with E-state index in [9.17, 15) is 24.3 Å². The molecule has 1 saturated carbocycles. The van der Waals surface area contributed by atoms with Crippen LogP contribution in [0.25, 0.3) is 0 Å². The molecule has 206 valence electrons. The number of hydrazone groups is 1. The molecule has 1 aliphatic carbocycles. The summed E-state index contributed by atoms with van der Waals surface area (Å²) in [5, 5.41) is 17.9. The zero-order valence-electron chi connectivity index (χ0n) is 23.0. The monoisotopic (exact) mass is 532 g/mol. The van der Waals surface area contributed by atoms with E-state index >= 15 is 0 Å². The number of urea groups is 1. The molecule has 1 fully saturated rings. The Bertz CT molecular complexity index is 1320. The van der Waals surface area contributed by atoms with Crippen molar-refractivity contribution >= 4 is 40.8 Å². The highest BCUT2D eigenvalue weighted by Crippen LogP contribution is 2.36. The SMILES string of the molecule is Cc1cccc2c1C(C1CCCCC1)=NN(CC(=O)Nc1cccc(C(=O)O)c1)C(=O)N2CC(=O)C(C)(C)C. The van der Waals surface area contributed by atoms with Gasteiger partial charge in [0, 0.05) is 22.6 Å². The number of anilines is 2. The van der Waals surface area contributed by atoms with Gasteiger partial charge in [0.05, 0.1) is 23.5 Å². The molecule has 0 bridgehead atoms. The maximum Gasteiger partial charge on any atom is 0.345 e. The van der Waals surface area contributed by atoms with Gasteiger partial charge in [0.2, 0.25) is 5.91 Å². The standard InChI is InChI=1S/C30H36N4O5/c1-19-10-8-15-23-26(19)27(20-11-6-5-7-12-20)32-34(29(39)33(23)17-24(35)30(2,3)4)18-25(36)31-22-14-9-13-21(16-22)28(37)38/h8-10,13-16,20H,5-7,11-12,17-18H2,1-4H3,(H,31,36)(H,37,38). The fraction of sp³-hybridized carbons (Fsp3) is 0.433. The van der Waals surface area contributed by atoms with E-state index in [1.165, 1.54) is 23.1 Å². The van der Waals surface area contributed by atoms with Crippen LogP contribution in [0.4, 0.5) is 16.2 Å². The molecule has 2 N–H and O–H groups in total. The molecule has 0 radical (unpaired) electrons. The van der Waals surface area contributed by atoms with E-state index in [0.717, 1.165) is 54.0 Å². The van der Waals surface area contributed by atoms with Crippen molar-refractivity contribution in [3.05, 3.63) is 59.2 Å². The maximum absolute atomic E-state index is 14.0. The van der Waals surface area contributed by atoms with E-state index in [4.69, 9.17) is 5.10 Å². The molecular weight excluding hydrogens is 496 g/mol. The molecule has 0 aromatic heterocycles. The van der Waals surface area contributed by atoms with Crippen LogP contribution in [0.2, 0.25) is 0 Å². The van der Waals surface area contributed by atoms with Crippen molar-refractivity contribution < 1.29 is 24.3 Å². The number of hydrogen-bond acceptors (Lipinski definition) is 5. The second-order valence-corrected chi connectivity index (χ2v) is 11.3. The van der Waals surface area contributed by atoms with Gasteiger partial charge < -0.3 is 10.4 Å². The Labute approximate surface area is 228 Å². The first-order valence-corrected chi connectivity index (χ1v) is 13.4. The molecule has 1 aliphatic heterocycles. The van der Waals surface area contributed by atoms with Gasteiger partial charge in [0.1, 0.15) is 6.54 Å². The number of carboxylic acids is 1. The van der Waals surface area contributed by atoms with E-state index < -0.39 is 23.3 Å². The van der Waals surface area contributed by atoms with E-state index in [1.807, 2.05) is 45.9 Å². The Balaban J connectivity index is 1.73. The van der Waals surface area contributed by atoms with Crippen molar-refractivity contribution in [2.24, 2.45) is 16.4 Å². The summed E-state index contributed by atoms with van der Waals surface area (Å²) in [6.45, 7) is 6.88. The first kappa shape index (κ1) is 28.0. The Kier molecular flexibility index (Phi) is 8.18. The van der Waals surface area contributed by atoms with Gasteiger partial charge in [-0.3, -0.25) is 14.5 Å². The molecule has 0 spiro atoms. The number of carboxylic acid groups (broad SMARTS) is 1. The van der Waals surface area contributed by atoms with Crippen molar-refractivity contribution in [1.82, 2.24) is 5.01 Å². The molecule has 9 nitrogen and oxygen atoms in total. The summed E-state index contributed by atoms with van der Waals surface area (Å²) in [4.78, 5) is 53.0. The minimum atomic E-state index is -1.11. The summed E-state index contributed by atoms with van der Waals surface area (Å²) in [7, 11) is 0. The van der Waals surface area contributed by atoms with Crippen LogP contribution < -0.4 is 10.2 Å². The third-order valence-electron chi connectivity index (χ3n) is 7.29. The Morgan fingerprint density at radius 3 is 2.38 bits per heavy atom. The van der Waals surface area contributed by atoms with E-state index in [2.05, 4.69) is 5.32 Å². The van der Waals surface area contributed by atoms with Crippen LogP contribution in [-0.4, -0.2) is 52.6 Å². The van der Waals surface area contributed by atoms with E-state index in [-0.39, 0.29) is 30.4 Å². The molecule has 2 aromatic carbocycles. The summed E-state index contributed by atoms with van der Waals surface area (Å²) in [6.07, 6.45) is 5.14. The molecule has 3 amide bonds. The summed E-state index contributed by atoms with van der Waals surface area (Å²) in [5.41, 5.74) is 2.86. The number of nitrogens with zero attached hydrogens (tertiary/aromatic N) is 3. The number of carbonyl (C=O) groups excluding carboxylic acids is 3. The van der Waals surface area contributed by atoms with Crippen LogP contribution in [0.3, 0.4) is 0 Å². The third-order valence-corrected chi connectivity index (χ3v) is 7.29. The van der Waals surface area contributed by atoms with Crippen LogP contribution in [0.5, 0.6) is 0 Å².